The van der Waals surface area contributed by atoms with Gasteiger partial charge in [0.15, 0.2) is 5.25 Å². The molecule has 5 nitrogen and oxygen atoms in total. The van der Waals surface area contributed by atoms with Gasteiger partial charge >= 0.3 is 5.97 Å². The lowest BCUT2D eigenvalue weighted by Gasteiger charge is -2.07. The maximum absolute atomic E-state index is 11.1. The fourth-order valence-corrected chi connectivity index (χ4v) is 2.50. The summed E-state index contributed by atoms with van der Waals surface area (Å²) in [6.07, 6.45) is 0.189. The zero-order valence-corrected chi connectivity index (χ0v) is 6.84. The normalized spacial score (nSPS) is 30.5. The van der Waals surface area contributed by atoms with Crippen molar-refractivity contribution in [1.82, 2.24) is 4.31 Å². The van der Waals surface area contributed by atoms with Crippen LogP contribution in [0.15, 0.2) is 0 Å². The zero-order chi connectivity index (χ0) is 8.65. The molecular formula is C5H9NO4S. The Kier molecular flexibility index (Phi) is 1.89. The maximum atomic E-state index is 11.1. The Labute approximate surface area is 64.7 Å². The Bertz CT molecular complexity index is 270. The van der Waals surface area contributed by atoms with Gasteiger partial charge in [0.25, 0.3) is 0 Å². The summed E-state index contributed by atoms with van der Waals surface area (Å²) >= 11 is 0. The molecule has 1 aliphatic rings. The van der Waals surface area contributed by atoms with Crippen LogP contribution in [0.2, 0.25) is 0 Å². The number of hydrogen-bond donors (Lipinski definition) is 1. The third kappa shape index (κ3) is 1.23. The highest BCUT2D eigenvalue weighted by molar-refractivity contribution is 7.90. The number of aliphatic carboxylic acids is 1. The number of carboxylic acids is 1. The Balaban J connectivity index is 2.97. The van der Waals surface area contributed by atoms with Gasteiger partial charge in [-0.2, -0.15) is 0 Å². The highest BCUT2D eigenvalue weighted by Gasteiger charge is 2.41. The van der Waals surface area contributed by atoms with E-state index in [1.807, 2.05) is 0 Å². The van der Waals surface area contributed by atoms with E-state index in [1.54, 1.807) is 0 Å². The summed E-state index contributed by atoms with van der Waals surface area (Å²) in [5.74, 6) is -1.26. The van der Waals surface area contributed by atoms with Gasteiger partial charge in [-0.3, -0.25) is 4.79 Å². The van der Waals surface area contributed by atoms with Gasteiger partial charge in [0.1, 0.15) is 0 Å². The van der Waals surface area contributed by atoms with E-state index in [2.05, 4.69) is 0 Å². The van der Waals surface area contributed by atoms with Crippen LogP contribution < -0.4 is 0 Å². The SMILES string of the molecule is CN1CCC(C(=O)O)S1(=O)=O. The Morgan fingerprint density at radius 2 is 2.18 bits per heavy atom. The molecule has 1 unspecified atom stereocenters. The summed E-state index contributed by atoms with van der Waals surface area (Å²) in [6.45, 7) is 0.305. The van der Waals surface area contributed by atoms with Crippen molar-refractivity contribution in [2.75, 3.05) is 13.6 Å². The molecular weight excluding hydrogens is 170 g/mol. The van der Waals surface area contributed by atoms with E-state index in [0.717, 1.165) is 4.31 Å². The molecule has 0 spiro atoms. The maximum Gasteiger partial charge on any atom is 0.323 e. The Morgan fingerprint density at radius 3 is 2.36 bits per heavy atom. The lowest BCUT2D eigenvalue weighted by molar-refractivity contribution is -0.136. The fourth-order valence-electron chi connectivity index (χ4n) is 1.04. The van der Waals surface area contributed by atoms with E-state index in [4.69, 9.17) is 5.11 Å². The van der Waals surface area contributed by atoms with Gasteiger partial charge in [0, 0.05) is 13.6 Å². The summed E-state index contributed by atoms with van der Waals surface area (Å²) in [5.41, 5.74) is 0. The van der Waals surface area contributed by atoms with Crippen LogP contribution in [0.3, 0.4) is 0 Å². The molecule has 0 aromatic rings. The quantitative estimate of drug-likeness (QED) is 0.566. The number of nitrogens with zero attached hydrogens (tertiary/aromatic N) is 1. The molecule has 11 heavy (non-hydrogen) atoms. The Morgan fingerprint density at radius 1 is 1.64 bits per heavy atom. The minimum absolute atomic E-state index is 0.189. The molecule has 0 amide bonds. The van der Waals surface area contributed by atoms with Crippen LogP contribution in [0.25, 0.3) is 0 Å². The van der Waals surface area contributed by atoms with E-state index in [1.165, 1.54) is 7.05 Å². The van der Waals surface area contributed by atoms with E-state index >= 15 is 0 Å². The van der Waals surface area contributed by atoms with E-state index in [0.29, 0.717) is 6.54 Å². The third-order valence-electron chi connectivity index (χ3n) is 1.78. The third-order valence-corrected chi connectivity index (χ3v) is 3.98. The summed E-state index contributed by atoms with van der Waals surface area (Å²) in [4.78, 5) is 10.4. The van der Waals surface area contributed by atoms with Crippen LogP contribution in [0.4, 0.5) is 0 Å². The van der Waals surface area contributed by atoms with Crippen LogP contribution >= 0.6 is 0 Å². The summed E-state index contributed by atoms with van der Waals surface area (Å²) in [6, 6.07) is 0. The molecule has 0 radical (unpaired) electrons. The van der Waals surface area contributed by atoms with Crippen molar-refractivity contribution in [3.8, 4) is 0 Å². The molecule has 1 fully saturated rings. The monoisotopic (exact) mass is 179 g/mol. The molecule has 0 aliphatic carbocycles. The zero-order valence-electron chi connectivity index (χ0n) is 6.02. The lowest BCUT2D eigenvalue weighted by Crippen LogP contribution is -2.31. The van der Waals surface area contributed by atoms with Crippen LogP contribution in [0.1, 0.15) is 6.42 Å². The molecule has 1 N–H and O–H groups in total. The number of hydrogen-bond acceptors (Lipinski definition) is 3. The molecule has 0 aromatic carbocycles. The minimum Gasteiger partial charge on any atom is -0.480 e. The first-order chi connectivity index (χ1) is 4.96. The first kappa shape index (κ1) is 8.48. The number of sulfonamides is 1. The standard InChI is InChI=1S/C5H9NO4S/c1-6-3-2-4(5(7)8)11(6,9)10/h4H,2-3H2,1H3,(H,7,8). The van der Waals surface area contributed by atoms with Crippen molar-refractivity contribution in [3.63, 3.8) is 0 Å². The topological polar surface area (TPSA) is 74.7 Å². The smallest absolute Gasteiger partial charge is 0.323 e. The molecule has 1 aliphatic heterocycles. The molecule has 1 heterocycles. The highest BCUT2D eigenvalue weighted by atomic mass is 32.2. The van der Waals surface area contributed by atoms with Gasteiger partial charge in [-0.25, -0.2) is 12.7 Å². The fraction of sp³-hybridized carbons (Fsp3) is 0.800. The van der Waals surface area contributed by atoms with Gasteiger partial charge in [-0.15, -0.1) is 0 Å². The molecule has 1 saturated heterocycles. The van der Waals surface area contributed by atoms with Gasteiger partial charge in [0.2, 0.25) is 10.0 Å². The molecule has 0 bridgehead atoms. The predicted octanol–water partition coefficient (Wildman–Crippen LogP) is -0.895. The minimum atomic E-state index is -3.53. The second-order valence-corrected chi connectivity index (χ2v) is 4.70. The van der Waals surface area contributed by atoms with Crippen LogP contribution in [0.5, 0.6) is 0 Å². The van der Waals surface area contributed by atoms with Crippen molar-refractivity contribution in [2.24, 2.45) is 0 Å². The second kappa shape index (κ2) is 2.46. The largest absolute Gasteiger partial charge is 0.480 e. The average Bonchev–Trinajstić information content (AvgIpc) is 2.08. The van der Waals surface area contributed by atoms with E-state index < -0.39 is 21.2 Å². The van der Waals surface area contributed by atoms with Crippen LogP contribution in [-0.4, -0.2) is 42.6 Å². The number of carbonyl (C=O) groups is 1. The van der Waals surface area contributed by atoms with E-state index in [9.17, 15) is 13.2 Å². The van der Waals surface area contributed by atoms with Gasteiger partial charge in [-0.1, -0.05) is 0 Å². The summed E-state index contributed by atoms with van der Waals surface area (Å²) < 4.78 is 23.2. The number of rotatable bonds is 1. The molecule has 64 valence electrons. The second-order valence-electron chi connectivity index (χ2n) is 2.48. The van der Waals surface area contributed by atoms with Crippen molar-refractivity contribution in [1.29, 1.82) is 0 Å². The first-order valence-corrected chi connectivity index (χ1v) is 4.64. The summed E-state index contributed by atoms with van der Waals surface area (Å²) in [7, 11) is -2.14. The predicted molar refractivity (Wildman–Crippen MR) is 37.6 cm³/mol. The van der Waals surface area contributed by atoms with Crippen LogP contribution in [0, 0.1) is 0 Å². The van der Waals surface area contributed by atoms with Crippen molar-refractivity contribution in [3.05, 3.63) is 0 Å². The van der Waals surface area contributed by atoms with Gasteiger partial charge in [-0.05, 0) is 6.42 Å². The highest BCUT2D eigenvalue weighted by Crippen LogP contribution is 2.19. The van der Waals surface area contributed by atoms with Crippen molar-refractivity contribution < 1.29 is 18.3 Å². The van der Waals surface area contributed by atoms with Crippen molar-refractivity contribution >= 4 is 16.0 Å². The first-order valence-electron chi connectivity index (χ1n) is 3.14. The molecule has 6 heteroatoms. The van der Waals surface area contributed by atoms with Crippen LogP contribution in [-0.2, 0) is 14.8 Å². The summed E-state index contributed by atoms with van der Waals surface area (Å²) in [5, 5.41) is 7.23. The molecule has 0 saturated carbocycles. The number of carboxylic acid groups (broad SMARTS) is 1. The Hall–Kier alpha value is -0.620. The molecule has 1 atom stereocenters. The molecule has 0 aromatic heterocycles. The lowest BCUT2D eigenvalue weighted by atomic mass is 10.3. The van der Waals surface area contributed by atoms with Gasteiger partial charge < -0.3 is 5.11 Å². The average molecular weight is 179 g/mol. The molecule has 1 rings (SSSR count). The van der Waals surface area contributed by atoms with Gasteiger partial charge in [0.05, 0.1) is 0 Å². The van der Waals surface area contributed by atoms with Crippen molar-refractivity contribution in [2.45, 2.75) is 11.7 Å². The van der Waals surface area contributed by atoms with E-state index in [-0.39, 0.29) is 6.42 Å².